The van der Waals surface area contributed by atoms with E-state index in [1.807, 2.05) is 36.2 Å². The van der Waals surface area contributed by atoms with E-state index in [1.54, 1.807) is 17.8 Å². The third-order valence-electron chi connectivity index (χ3n) is 9.96. The topological polar surface area (TPSA) is 93.0 Å². The van der Waals surface area contributed by atoms with Crippen molar-refractivity contribution in [2.24, 2.45) is 12.5 Å². The molecule has 1 aliphatic heterocycles. The second-order valence-electron chi connectivity index (χ2n) is 13.3. The lowest BCUT2D eigenvalue weighted by atomic mass is 9.76. The van der Waals surface area contributed by atoms with Gasteiger partial charge in [-0.1, -0.05) is 30.7 Å². The molecule has 3 heterocycles. The number of nitrogens with one attached hydrogen (secondary N) is 1. The number of halogens is 2. The molecule has 5 aromatic rings. The molecule has 1 fully saturated rings. The average molecular weight is 657 g/mol. The van der Waals surface area contributed by atoms with Gasteiger partial charge >= 0.3 is 5.97 Å². The van der Waals surface area contributed by atoms with Crippen LogP contribution < -0.4 is 4.74 Å². The van der Waals surface area contributed by atoms with E-state index in [0.717, 1.165) is 58.4 Å². The summed E-state index contributed by atoms with van der Waals surface area (Å²) >= 11 is 1.91. The molecule has 0 saturated heterocycles. The van der Waals surface area contributed by atoms with Gasteiger partial charge in [-0.25, -0.2) is 18.4 Å². The smallest absolute Gasteiger partial charge is 0.303 e. The maximum Gasteiger partial charge on any atom is 0.303 e. The zero-order valence-electron chi connectivity index (χ0n) is 26.6. The third kappa shape index (κ3) is 6.27. The number of hydrogen-bond donors (Lipinski definition) is 2. The molecular formula is C37H38F2N4O3S. The Morgan fingerprint density at radius 3 is 2.74 bits per heavy atom. The minimum atomic E-state index is -0.835. The average Bonchev–Trinajstić information content (AvgIpc) is 3.45. The first kappa shape index (κ1) is 31.4. The molecule has 4 bridgehead atoms. The Bertz CT molecular complexity index is 1970. The van der Waals surface area contributed by atoms with Crippen LogP contribution in [-0.2, 0) is 30.1 Å². The number of fused-ring (bicyclic) bond motifs is 8. The highest BCUT2D eigenvalue weighted by atomic mass is 32.2. The van der Waals surface area contributed by atoms with E-state index in [-0.39, 0.29) is 23.1 Å². The number of aromatic nitrogens is 4. The van der Waals surface area contributed by atoms with Crippen LogP contribution in [0.15, 0.2) is 60.8 Å². The fourth-order valence-corrected chi connectivity index (χ4v) is 8.28. The highest BCUT2D eigenvalue weighted by molar-refractivity contribution is 7.99. The lowest BCUT2D eigenvalue weighted by Gasteiger charge is -2.29. The summed E-state index contributed by atoms with van der Waals surface area (Å²) in [4.78, 5) is 19.4. The van der Waals surface area contributed by atoms with Gasteiger partial charge in [-0.3, -0.25) is 4.79 Å². The van der Waals surface area contributed by atoms with Crippen LogP contribution in [0.2, 0.25) is 0 Å². The van der Waals surface area contributed by atoms with Crippen molar-refractivity contribution in [3.8, 4) is 22.9 Å². The first-order chi connectivity index (χ1) is 22.6. The maximum absolute atomic E-state index is 15.6. The number of carbonyl (C=O) groups is 1. The van der Waals surface area contributed by atoms with Gasteiger partial charge < -0.3 is 14.8 Å². The Morgan fingerprint density at radius 2 is 1.94 bits per heavy atom. The lowest BCUT2D eigenvalue weighted by Crippen LogP contribution is -2.26. The van der Waals surface area contributed by atoms with Gasteiger partial charge in [0.1, 0.15) is 11.6 Å². The predicted octanol–water partition coefficient (Wildman–Crippen LogP) is 8.60. The molecule has 1 aliphatic carbocycles. The van der Waals surface area contributed by atoms with Crippen molar-refractivity contribution < 1.29 is 23.4 Å². The van der Waals surface area contributed by atoms with Crippen molar-refractivity contribution >= 4 is 28.6 Å². The number of hydrogen-bond acceptors (Lipinski definition) is 5. The van der Waals surface area contributed by atoms with Crippen molar-refractivity contribution in [2.75, 3.05) is 11.5 Å². The minimum absolute atomic E-state index is 0.0501. The maximum atomic E-state index is 15.6. The Morgan fingerprint density at radius 1 is 1.09 bits per heavy atom. The summed E-state index contributed by atoms with van der Waals surface area (Å²) in [6.45, 7) is 2.13. The van der Waals surface area contributed by atoms with Crippen molar-refractivity contribution in [1.29, 1.82) is 0 Å². The molecule has 47 heavy (non-hydrogen) atoms. The minimum Gasteiger partial charge on any atom is -0.481 e. The van der Waals surface area contributed by atoms with Gasteiger partial charge in [0.2, 0.25) is 0 Å². The highest BCUT2D eigenvalue weighted by Crippen LogP contribution is 2.53. The Hall–Kier alpha value is -4.18. The van der Waals surface area contributed by atoms with Crippen LogP contribution in [0.4, 0.5) is 8.78 Å². The van der Waals surface area contributed by atoms with Crippen molar-refractivity contribution in [1.82, 2.24) is 19.7 Å². The summed E-state index contributed by atoms with van der Waals surface area (Å²) in [7, 11) is 1.75. The summed E-state index contributed by atoms with van der Waals surface area (Å²) in [5.74, 6) is 1.46. The Balaban J connectivity index is 1.32. The Labute approximate surface area is 276 Å². The molecule has 10 heteroatoms. The number of aliphatic carboxylic acids is 1. The molecule has 2 aromatic heterocycles. The van der Waals surface area contributed by atoms with Crippen LogP contribution in [0.1, 0.15) is 68.0 Å². The molecule has 244 valence electrons. The summed E-state index contributed by atoms with van der Waals surface area (Å²) in [6, 6.07) is 15.8. The van der Waals surface area contributed by atoms with Crippen molar-refractivity contribution in [3.63, 3.8) is 0 Å². The first-order valence-corrected chi connectivity index (χ1v) is 17.4. The molecule has 0 radical (unpaired) electrons. The lowest BCUT2D eigenvalue weighted by molar-refractivity contribution is -0.136. The normalized spacial score (nSPS) is 19.5. The van der Waals surface area contributed by atoms with Gasteiger partial charge in [0.15, 0.2) is 23.2 Å². The molecule has 2 aliphatic rings. The van der Waals surface area contributed by atoms with E-state index in [4.69, 9.17) is 14.8 Å². The molecule has 1 spiro atoms. The van der Waals surface area contributed by atoms with Gasteiger partial charge in [0.25, 0.3) is 0 Å². The zero-order valence-corrected chi connectivity index (χ0v) is 27.4. The molecular weight excluding hydrogens is 618 g/mol. The highest BCUT2D eigenvalue weighted by Gasteiger charge is 2.43. The number of aromatic amines is 1. The molecule has 7 rings (SSSR count). The van der Waals surface area contributed by atoms with E-state index < -0.39 is 23.0 Å². The van der Waals surface area contributed by atoms with Gasteiger partial charge in [-0.15, -0.1) is 0 Å². The van der Waals surface area contributed by atoms with Gasteiger partial charge in [-0.2, -0.15) is 16.9 Å². The first-order valence-electron chi connectivity index (χ1n) is 16.2. The number of carboxylic acid groups (broad SMARTS) is 1. The molecule has 2 N–H and O–H groups in total. The summed E-state index contributed by atoms with van der Waals surface area (Å²) in [5, 5.41) is 15.1. The molecule has 0 amide bonds. The summed E-state index contributed by atoms with van der Waals surface area (Å²) < 4.78 is 39.0. The predicted molar refractivity (Wildman–Crippen MR) is 180 cm³/mol. The molecule has 1 atom stereocenters. The standard InChI is InChI=1S/C37H38F2N4O3S/c1-36(24-6-3-5-23(19-24)7-10-32(44)45)13-4-14-37(15-16-37)22-47-18-12-27-26-11-17-40-31(26)21-30(39)33(27)46-25-8-9-29(38)28(20-25)34-41-35(36)42-43(34)2/h3,5-6,8-9,11,17,19-21,40H,4,7,10,12-16,18,22H2,1-2H3,(H,44,45). The van der Waals surface area contributed by atoms with Crippen LogP contribution >= 0.6 is 11.8 Å². The SMILES string of the molecule is Cn1nc2nc1-c1cc(ccc1F)Oc1c(F)cc3[nH]ccc3c1CCSCC1(CCCC2(C)c2cccc(CCC(=O)O)c2)CC1. The second kappa shape index (κ2) is 12.4. The van der Waals surface area contributed by atoms with Gasteiger partial charge in [0, 0.05) is 42.2 Å². The van der Waals surface area contributed by atoms with Gasteiger partial charge in [0.05, 0.1) is 11.0 Å². The van der Waals surface area contributed by atoms with Crippen molar-refractivity contribution in [3.05, 3.63) is 94.9 Å². The molecule has 3 aromatic carbocycles. The van der Waals surface area contributed by atoms with Crippen LogP contribution in [0.3, 0.4) is 0 Å². The number of nitrogens with zero attached hydrogens (tertiary/aromatic N) is 3. The number of rotatable bonds is 4. The number of carboxylic acids is 1. The summed E-state index contributed by atoms with van der Waals surface area (Å²) in [5.41, 5.74) is 3.36. The van der Waals surface area contributed by atoms with Crippen molar-refractivity contribution in [2.45, 2.75) is 63.7 Å². The Kier molecular flexibility index (Phi) is 8.32. The quantitative estimate of drug-likeness (QED) is 0.201. The number of thioether (sulfide) groups is 1. The van der Waals surface area contributed by atoms with Crippen LogP contribution in [0.25, 0.3) is 22.3 Å². The van der Waals surface area contributed by atoms with E-state index in [2.05, 4.69) is 24.0 Å². The fourth-order valence-electron chi connectivity index (χ4n) is 6.92. The number of ether oxygens (including phenoxy) is 1. The molecule has 1 saturated carbocycles. The molecule has 1 unspecified atom stereocenters. The van der Waals surface area contributed by atoms with Gasteiger partial charge in [-0.05, 0) is 97.8 Å². The zero-order chi connectivity index (χ0) is 32.8. The van der Waals surface area contributed by atoms with E-state index >= 15 is 8.78 Å². The monoisotopic (exact) mass is 656 g/mol. The number of benzene rings is 3. The van der Waals surface area contributed by atoms with Crippen LogP contribution in [-0.4, -0.2) is 42.3 Å². The van der Waals surface area contributed by atoms with E-state index in [0.29, 0.717) is 30.2 Å². The third-order valence-corrected chi connectivity index (χ3v) is 11.3. The van der Waals surface area contributed by atoms with Crippen LogP contribution in [0.5, 0.6) is 11.5 Å². The fraction of sp³-hybridized carbons (Fsp3) is 0.378. The largest absolute Gasteiger partial charge is 0.481 e. The van der Waals surface area contributed by atoms with E-state index in [1.165, 1.54) is 31.0 Å². The summed E-state index contributed by atoms with van der Waals surface area (Å²) in [6.07, 6.45) is 8.13. The number of aryl methyl sites for hydroxylation is 3. The molecule has 7 nitrogen and oxygen atoms in total. The van der Waals surface area contributed by atoms with Crippen LogP contribution in [0, 0.1) is 17.0 Å². The van der Waals surface area contributed by atoms with E-state index in [9.17, 15) is 9.90 Å². The number of H-pyrrole nitrogens is 1. The second-order valence-corrected chi connectivity index (χ2v) is 14.4.